The Labute approximate surface area is 168 Å². The van der Waals surface area contributed by atoms with E-state index in [-0.39, 0.29) is 11.9 Å². The summed E-state index contributed by atoms with van der Waals surface area (Å²) < 4.78 is 10.8. The number of hydrogen-bond donors (Lipinski definition) is 2. The highest BCUT2D eigenvalue weighted by molar-refractivity contribution is 6.31. The van der Waals surface area contributed by atoms with Crippen molar-refractivity contribution in [2.75, 3.05) is 32.6 Å². The third kappa shape index (κ3) is 3.47. The number of amides is 1. The highest BCUT2D eigenvalue weighted by atomic mass is 35.5. The van der Waals surface area contributed by atoms with Gasteiger partial charge in [0.15, 0.2) is 0 Å². The van der Waals surface area contributed by atoms with E-state index >= 15 is 0 Å². The number of hydrogen-bond acceptors (Lipinski definition) is 4. The molecule has 2 heterocycles. The van der Waals surface area contributed by atoms with Crippen molar-refractivity contribution in [1.82, 2.24) is 9.88 Å². The number of aromatic nitrogens is 1. The number of ether oxygens (including phenoxy) is 2. The largest absolute Gasteiger partial charge is 0.496 e. The fourth-order valence-electron chi connectivity index (χ4n) is 3.68. The normalized spacial score (nSPS) is 16.4. The van der Waals surface area contributed by atoms with E-state index in [1.165, 1.54) is 0 Å². The van der Waals surface area contributed by atoms with Gasteiger partial charge in [-0.25, -0.2) is 0 Å². The number of H-pyrrole nitrogens is 1. The van der Waals surface area contributed by atoms with Gasteiger partial charge in [-0.15, -0.1) is 0 Å². The molecule has 28 heavy (non-hydrogen) atoms. The summed E-state index contributed by atoms with van der Waals surface area (Å²) in [6.45, 7) is 1.28. The molecule has 0 unspecified atom stereocenters. The van der Waals surface area contributed by atoms with Crippen molar-refractivity contribution >= 4 is 34.2 Å². The van der Waals surface area contributed by atoms with Crippen molar-refractivity contribution < 1.29 is 14.3 Å². The van der Waals surface area contributed by atoms with Crippen LogP contribution in [-0.2, 0) is 0 Å². The van der Waals surface area contributed by atoms with E-state index in [0.29, 0.717) is 35.2 Å². The van der Waals surface area contributed by atoms with Gasteiger partial charge in [-0.1, -0.05) is 23.7 Å². The van der Waals surface area contributed by atoms with Crippen LogP contribution in [0.5, 0.6) is 11.5 Å². The maximum atomic E-state index is 13.1. The van der Waals surface area contributed by atoms with E-state index in [9.17, 15) is 4.79 Å². The average Bonchev–Trinajstić information content (AvgIpc) is 3.33. The number of aromatic amines is 1. The lowest BCUT2D eigenvalue weighted by Crippen LogP contribution is -2.32. The predicted octanol–water partition coefficient (Wildman–Crippen LogP) is 4.17. The fourth-order valence-corrected chi connectivity index (χ4v) is 3.85. The minimum absolute atomic E-state index is 0.0815. The van der Waals surface area contributed by atoms with Gasteiger partial charge in [0.2, 0.25) is 0 Å². The zero-order valence-corrected chi connectivity index (χ0v) is 16.5. The number of carbonyl (C=O) groups is 1. The second-order valence-electron chi connectivity index (χ2n) is 6.83. The molecule has 0 bridgehead atoms. The number of nitrogens with zero attached hydrogens (tertiary/aromatic N) is 1. The van der Waals surface area contributed by atoms with Gasteiger partial charge in [-0.3, -0.25) is 4.79 Å². The van der Waals surface area contributed by atoms with Crippen LogP contribution < -0.4 is 14.8 Å². The van der Waals surface area contributed by atoms with Crippen LogP contribution in [0, 0.1) is 0 Å². The van der Waals surface area contributed by atoms with E-state index in [1.807, 2.05) is 29.2 Å². The summed E-state index contributed by atoms with van der Waals surface area (Å²) >= 11 is 6.05. The van der Waals surface area contributed by atoms with Gasteiger partial charge >= 0.3 is 0 Å². The van der Waals surface area contributed by atoms with Crippen molar-refractivity contribution in [3.05, 3.63) is 53.1 Å². The number of rotatable bonds is 5. The van der Waals surface area contributed by atoms with Crippen LogP contribution >= 0.6 is 11.6 Å². The highest BCUT2D eigenvalue weighted by Gasteiger charge is 2.30. The summed E-state index contributed by atoms with van der Waals surface area (Å²) in [7, 11) is 3.12. The van der Waals surface area contributed by atoms with Crippen molar-refractivity contribution in [2.45, 2.75) is 12.5 Å². The fraction of sp³-hybridized carbons (Fsp3) is 0.286. The van der Waals surface area contributed by atoms with Crippen LogP contribution in [-0.4, -0.2) is 49.1 Å². The number of halogens is 1. The molecule has 0 saturated carbocycles. The molecule has 146 valence electrons. The Balaban J connectivity index is 1.48. The minimum Gasteiger partial charge on any atom is -0.496 e. The summed E-state index contributed by atoms with van der Waals surface area (Å²) in [4.78, 5) is 18.3. The van der Waals surface area contributed by atoms with Crippen LogP contribution in [0.3, 0.4) is 0 Å². The van der Waals surface area contributed by atoms with E-state index in [0.717, 1.165) is 23.1 Å². The third-order valence-corrected chi connectivity index (χ3v) is 5.30. The number of nitrogens with one attached hydrogen (secondary N) is 2. The molecule has 4 rings (SSSR count). The first kappa shape index (κ1) is 18.5. The van der Waals surface area contributed by atoms with Crippen LogP contribution in [0.25, 0.3) is 10.9 Å². The van der Waals surface area contributed by atoms with Crippen LogP contribution in [0.4, 0.5) is 5.82 Å². The lowest BCUT2D eigenvalue weighted by molar-refractivity contribution is 0.0784. The van der Waals surface area contributed by atoms with Crippen LogP contribution in [0.15, 0.2) is 42.5 Å². The molecule has 1 atom stereocenters. The molecule has 1 fully saturated rings. The Bertz CT molecular complexity index is 995. The molecule has 1 amide bonds. The molecule has 1 aromatic heterocycles. The lowest BCUT2D eigenvalue weighted by atomic mass is 10.1. The summed E-state index contributed by atoms with van der Waals surface area (Å²) in [5.41, 5.74) is 1.45. The third-order valence-electron chi connectivity index (χ3n) is 5.06. The summed E-state index contributed by atoms with van der Waals surface area (Å²) in [5, 5.41) is 5.28. The molecule has 2 aromatic carbocycles. The molecule has 0 radical (unpaired) electrons. The van der Waals surface area contributed by atoms with Gasteiger partial charge in [-0.2, -0.15) is 0 Å². The summed E-state index contributed by atoms with van der Waals surface area (Å²) in [6, 6.07) is 13.3. The SMILES string of the molecule is COc1cccc(OC)c1C(=O)N1CC[C@@H](Nc2cc3ccc(Cl)cc3[nH]2)C1. The Morgan fingerprint density at radius 3 is 2.64 bits per heavy atom. The zero-order chi connectivity index (χ0) is 19.7. The number of benzene rings is 2. The van der Waals surface area contributed by atoms with Crippen LogP contribution in [0.2, 0.25) is 5.02 Å². The first-order valence-corrected chi connectivity index (χ1v) is 9.52. The van der Waals surface area contributed by atoms with Gasteiger partial charge in [0.25, 0.3) is 5.91 Å². The Morgan fingerprint density at radius 2 is 1.93 bits per heavy atom. The molecular formula is C21H22ClN3O3. The summed E-state index contributed by atoms with van der Waals surface area (Å²) in [6.07, 6.45) is 0.860. The standard InChI is InChI=1S/C21H22ClN3O3/c1-27-17-4-3-5-18(28-2)20(17)21(26)25-9-8-15(12-25)23-19-10-13-6-7-14(22)11-16(13)24-19/h3-7,10-11,15,23-24H,8-9,12H2,1-2H3/t15-/m1/s1. The van der Waals surface area contributed by atoms with Crippen molar-refractivity contribution in [3.8, 4) is 11.5 Å². The molecular weight excluding hydrogens is 378 g/mol. The average molecular weight is 400 g/mol. The topological polar surface area (TPSA) is 66.6 Å². The van der Waals surface area contributed by atoms with E-state index in [1.54, 1.807) is 26.4 Å². The molecule has 0 spiro atoms. The Hall–Kier alpha value is -2.86. The van der Waals surface area contributed by atoms with E-state index < -0.39 is 0 Å². The molecule has 0 aliphatic carbocycles. The highest BCUT2D eigenvalue weighted by Crippen LogP contribution is 2.31. The van der Waals surface area contributed by atoms with E-state index in [4.69, 9.17) is 21.1 Å². The molecule has 2 N–H and O–H groups in total. The van der Waals surface area contributed by atoms with Crippen molar-refractivity contribution in [1.29, 1.82) is 0 Å². The number of anilines is 1. The monoisotopic (exact) mass is 399 g/mol. The van der Waals surface area contributed by atoms with Crippen molar-refractivity contribution in [2.24, 2.45) is 0 Å². The Morgan fingerprint density at radius 1 is 1.18 bits per heavy atom. The maximum absolute atomic E-state index is 13.1. The smallest absolute Gasteiger partial charge is 0.261 e. The second kappa shape index (κ2) is 7.64. The number of carbonyl (C=O) groups excluding carboxylic acids is 1. The lowest BCUT2D eigenvalue weighted by Gasteiger charge is -2.20. The summed E-state index contributed by atoms with van der Waals surface area (Å²) in [5.74, 6) is 1.88. The molecule has 6 nitrogen and oxygen atoms in total. The Kier molecular flexibility index (Phi) is 5.05. The van der Waals surface area contributed by atoms with Gasteiger partial charge in [0.1, 0.15) is 22.9 Å². The zero-order valence-electron chi connectivity index (χ0n) is 15.8. The number of methoxy groups -OCH3 is 2. The van der Waals surface area contributed by atoms with Crippen LogP contribution in [0.1, 0.15) is 16.8 Å². The molecule has 1 saturated heterocycles. The van der Waals surface area contributed by atoms with Gasteiger partial charge in [0, 0.05) is 35.1 Å². The number of likely N-dealkylation sites (tertiary alicyclic amines) is 1. The molecule has 1 aliphatic heterocycles. The van der Waals surface area contributed by atoms with Crippen molar-refractivity contribution in [3.63, 3.8) is 0 Å². The quantitative estimate of drug-likeness (QED) is 0.675. The van der Waals surface area contributed by atoms with Gasteiger partial charge in [0.05, 0.1) is 14.2 Å². The molecule has 3 aromatic rings. The molecule has 7 heteroatoms. The first-order valence-electron chi connectivity index (χ1n) is 9.14. The second-order valence-corrected chi connectivity index (χ2v) is 7.27. The van der Waals surface area contributed by atoms with Gasteiger partial charge < -0.3 is 24.7 Å². The van der Waals surface area contributed by atoms with E-state index in [2.05, 4.69) is 16.4 Å². The predicted molar refractivity (Wildman–Crippen MR) is 111 cm³/mol. The van der Waals surface area contributed by atoms with Gasteiger partial charge in [-0.05, 0) is 36.8 Å². The maximum Gasteiger partial charge on any atom is 0.261 e. The minimum atomic E-state index is -0.0815. The first-order chi connectivity index (χ1) is 13.6. The molecule has 1 aliphatic rings. The number of fused-ring (bicyclic) bond motifs is 1.